The molecular weight excluding hydrogens is 372 g/mol. The van der Waals surface area contributed by atoms with Gasteiger partial charge in [0.15, 0.2) is 9.84 Å². The highest BCUT2D eigenvalue weighted by atomic mass is 35.5. The molecule has 1 heterocycles. The maximum Gasteiger partial charge on any atom is 0.239 e. The Morgan fingerprint density at radius 1 is 1.12 bits per heavy atom. The second-order valence-corrected chi connectivity index (χ2v) is 8.47. The predicted molar refractivity (Wildman–Crippen MR) is 104 cm³/mol. The molecule has 1 N–H and O–H groups in total. The minimum Gasteiger partial charge on any atom is -0.347 e. The number of hydrogen-bond acceptors (Lipinski definition) is 3. The molecule has 0 saturated carbocycles. The summed E-state index contributed by atoms with van der Waals surface area (Å²) in [6.45, 7) is 3.04. The summed E-state index contributed by atoms with van der Waals surface area (Å²) in [5.74, 6) is -1.20. The molecule has 7 heteroatoms. The van der Waals surface area contributed by atoms with Crippen LogP contribution >= 0.6 is 11.6 Å². The average Bonchev–Trinajstić information content (AvgIpc) is 2.97. The molecule has 5 nitrogen and oxygen atoms in total. The van der Waals surface area contributed by atoms with Crippen molar-refractivity contribution < 1.29 is 13.2 Å². The van der Waals surface area contributed by atoms with E-state index in [4.69, 9.17) is 11.6 Å². The highest BCUT2D eigenvalue weighted by Gasteiger charge is 2.19. The molecule has 1 amide bonds. The number of halogens is 1. The van der Waals surface area contributed by atoms with E-state index in [2.05, 4.69) is 16.8 Å². The first-order valence-electron chi connectivity index (χ1n) is 8.26. The zero-order chi connectivity index (χ0) is 18.7. The fraction of sp³-hybridized carbons (Fsp3) is 0.211. The van der Waals surface area contributed by atoms with Gasteiger partial charge < -0.3 is 9.88 Å². The number of fused-ring (bicyclic) bond motifs is 1. The van der Waals surface area contributed by atoms with E-state index in [0.717, 1.165) is 23.9 Å². The van der Waals surface area contributed by atoms with Crippen molar-refractivity contribution in [3.63, 3.8) is 0 Å². The van der Waals surface area contributed by atoms with Crippen molar-refractivity contribution in [3.05, 3.63) is 59.8 Å². The van der Waals surface area contributed by atoms with Crippen LogP contribution in [0.1, 0.15) is 13.3 Å². The third kappa shape index (κ3) is 4.08. The summed E-state index contributed by atoms with van der Waals surface area (Å²) in [6.07, 6.45) is 3.04. The monoisotopic (exact) mass is 390 g/mol. The minimum absolute atomic E-state index is 0.0733. The summed E-state index contributed by atoms with van der Waals surface area (Å²) in [5, 5.41) is 4.10. The van der Waals surface area contributed by atoms with Crippen LogP contribution in [0.15, 0.2) is 59.6 Å². The maximum atomic E-state index is 12.3. The molecule has 1 aromatic heterocycles. The molecule has 26 heavy (non-hydrogen) atoms. The van der Waals surface area contributed by atoms with E-state index in [1.54, 1.807) is 6.07 Å². The van der Waals surface area contributed by atoms with Crippen LogP contribution in [0.4, 0.5) is 5.69 Å². The van der Waals surface area contributed by atoms with Crippen molar-refractivity contribution in [2.24, 2.45) is 0 Å². The molecule has 0 atom stereocenters. The van der Waals surface area contributed by atoms with Crippen LogP contribution in [0.3, 0.4) is 0 Å². The van der Waals surface area contributed by atoms with Gasteiger partial charge in [-0.3, -0.25) is 4.79 Å². The molecule has 0 aliphatic heterocycles. The van der Waals surface area contributed by atoms with Gasteiger partial charge in [0.25, 0.3) is 0 Å². The largest absolute Gasteiger partial charge is 0.347 e. The zero-order valence-corrected chi connectivity index (χ0v) is 15.8. The summed E-state index contributed by atoms with van der Waals surface area (Å²) < 4.78 is 26.8. The van der Waals surface area contributed by atoms with Crippen LogP contribution in [-0.4, -0.2) is 24.6 Å². The van der Waals surface area contributed by atoms with E-state index in [1.807, 2.05) is 24.4 Å². The van der Waals surface area contributed by atoms with Gasteiger partial charge in [0.1, 0.15) is 5.75 Å². The fourth-order valence-corrected chi connectivity index (χ4v) is 4.07. The topological polar surface area (TPSA) is 68.2 Å². The van der Waals surface area contributed by atoms with Crippen LogP contribution in [0.2, 0.25) is 5.02 Å². The Morgan fingerprint density at radius 2 is 1.85 bits per heavy atom. The normalized spacial score (nSPS) is 11.6. The highest BCUT2D eigenvalue weighted by Crippen LogP contribution is 2.21. The summed E-state index contributed by atoms with van der Waals surface area (Å²) in [7, 11) is -3.72. The van der Waals surface area contributed by atoms with E-state index in [0.29, 0.717) is 10.7 Å². The average molecular weight is 391 g/mol. The van der Waals surface area contributed by atoms with Crippen molar-refractivity contribution in [1.29, 1.82) is 0 Å². The lowest BCUT2D eigenvalue weighted by atomic mass is 10.2. The van der Waals surface area contributed by atoms with Crippen LogP contribution in [0, 0.1) is 0 Å². The van der Waals surface area contributed by atoms with Gasteiger partial charge in [-0.15, -0.1) is 0 Å². The van der Waals surface area contributed by atoms with Crippen molar-refractivity contribution in [2.75, 3.05) is 11.1 Å². The summed E-state index contributed by atoms with van der Waals surface area (Å²) in [6, 6.07) is 13.3. The lowest BCUT2D eigenvalue weighted by molar-refractivity contribution is -0.113. The SMILES string of the molecule is CCCn1ccc2cc(NC(=O)CS(=O)(=O)c3ccc(Cl)cc3)ccc21. The van der Waals surface area contributed by atoms with Gasteiger partial charge in [-0.25, -0.2) is 8.42 Å². The van der Waals surface area contributed by atoms with Gasteiger partial charge in [-0.2, -0.15) is 0 Å². The maximum absolute atomic E-state index is 12.3. The second kappa shape index (κ2) is 7.51. The molecule has 0 fully saturated rings. The number of amides is 1. The van der Waals surface area contributed by atoms with Crippen molar-refractivity contribution >= 4 is 43.9 Å². The standard InChI is InChI=1S/C19H19ClN2O3S/c1-2-10-22-11-9-14-12-16(5-8-18(14)22)21-19(23)13-26(24,25)17-6-3-15(20)4-7-17/h3-9,11-12H,2,10,13H2,1H3,(H,21,23). The molecule has 0 aliphatic carbocycles. The molecule has 0 unspecified atom stereocenters. The number of hydrogen-bond donors (Lipinski definition) is 1. The molecular formula is C19H19ClN2O3S. The number of sulfone groups is 1. The van der Waals surface area contributed by atoms with Crippen molar-refractivity contribution in [1.82, 2.24) is 4.57 Å². The second-order valence-electron chi connectivity index (χ2n) is 6.04. The molecule has 136 valence electrons. The van der Waals surface area contributed by atoms with E-state index < -0.39 is 21.5 Å². The first-order valence-corrected chi connectivity index (χ1v) is 10.3. The summed E-state index contributed by atoms with van der Waals surface area (Å²) in [5.41, 5.74) is 1.65. The van der Waals surface area contributed by atoms with Crippen LogP contribution in [0.5, 0.6) is 0 Å². The van der Waals surface area contributed by atoms with Crippen LogP contribution in [0.25, 0.3) is 10.9 Å². The lowest BCUT2D eigenvalue weighted by Gasteiger charge is -2.08. The van der Waals surface area contributed by atoms with E-state index in [1.165, 1.54) is 24.3 Å². The number of carbonyl (C=O) groups excluding carboxylic acids is 1. The number of benzene rings is 2. The molecule has 0 saturated heterocycles. The Balaban J connectivity index is 1.73. The Kier molecular flexibility index (Phi) is 5.34. The first-order chi connectivity index (χ1) is 12.4. The molecule has 3 rings (SSSR count). The quantitative estimate of drug-likeness (QED) is 0.688. The molecule has 0 radical (unpaired) electrons. The summed E-state index contributed by atoms with van der Waals surface area (Å²) in [4.78, 5) is 12.3. The van der Waals surface area contributed by atoms with Gasteiger partial charge in [-0.05, 0) is 55.0 Å². The van der Waals surface area contributed by atoms with Gasteiger partial charge >= 0.3 is 0 Å². The van der Waals surface area contributed by atoms with Gasteiger partial charge in [0.2, 0.25) is 5.91 Å². The Bertz CT molecular complexity index is 1040. The van der Waals surface area contributed by atoms with Crippen LogP contribution in [-0.2, 0) is 21.2 Å². The van der Waals surface area contributed by atoms with E-state index in [9.17, 15) is 13.2 Å². The van der Waals surface area contributed by atoms with Crippen LogP contribution < -0.4 is 5.32 Å². The van der Waals surface area contributed by atoms with E-state index >= 15 is 0 Å². The van der Waals surface area contributed by atoms with Gasteiger partial charge in [0.05, 0.1) is 4.90 Å². The third-order valence-corrected chi connectivity index (χ3v) is 5.90. The number of aryl methyl sites for hydroxylation is 1. The lowest BCUT2D eigenvalue weighted by Crippen LogP contribution is -2.23. The number of carbonyl (C=O) groups is 1. The predicted octanol–water partition coefficient (Wildman–Crippen LogP) is 4.12. The minimum atomic E-state index is -3.72. The van der Waals surface area contributed by atoms with Gasteiger partial charge in [0, 0.05) is 34.4 Å². The number of rotatable bonds is 6. The molecule has 2 aromatic carbocycles. The van der Waals surface area contributed by atoms with E-state index in [-0.39, 0.29) is 4.90 Å². The molecule has 0 spiro atoms. The fourth-order valence-electron chi connectivity index (χ4n) is 2.81. The molecule has 3 aromatic rings. The third-order valence-electron chi connectivity index (χ3n) is 4.01. The van der Waals surface area contributed by atoms with Crippen molar-refractivity contribution in [2.45, 2.75) is 24.8 Å². The Hall–Kier alpha value is -2.31. The number of nitrogens with one attached hydrogen (secondary N) is 1. The smallest absolute Gasteiger partial charge is 0.239 e. The Labute approximate surface area is 157 Å². The Morgan fingerprint density at radius 3 is 2.54 bits per heavy atom. The highest BCUT2D eigenvalue weighted by molar-refractivity contribution is 7.92. The first kappa shape index (κ1) is 18.5. The number of aromatic nitrogens is 1. The summed E-state index contributed by atoms with van der Waals surface area (Å²) >= 11 is 5.77. The zero-order valence-electron chi connectivity index (χ0n) is 14.3. The molecule has 0 aliphatic rings. The number of anilines is 1. The van der Waals surface area contributed by atoms with Crippen molar-refractivity contribution in [3.8, 4) is 0 Å². The van der Waals surface area contributed by atoms with Gasteiger partial charge in [-0.1, -0.05) is 18.5 Å². The molecule has 0 bridgehead atoms. The number of nitrogens with zero attached hydrogens (tertiary/aromatic N) is 1.